The number of fused-ring (bicyclic) bond motifs is 1. The van der Waals surface area contributed by atoms with Gasteiger partial charge in [-0.3, -0.25) is 14.3 Å². The van der Waals surface area contributed by atoms with Gasteiger partial charge in [0.15, 0.2) is 0 Å². The molecule has 7 heteroatoms. The van der Waals surface area contributed by atoms with Gasteiger partial charge in [0.2, 0.25) is 5.91 Å². The average molecular weight is 373 g/mol. The van der Waals surface area contributed by atoms with E-state index < -0.39 is 0 Å². The van der Waals surface area contributed by atoms with Crippen molar-refractivity contribution in [2.24, 2.45) is 0 Å². The van der Waals surface area contributed by atoms with Crippen LogP contribution in [0.1, 0.15) is 18.9 Å². The Morgan fingerprint density at radius 2 is 2.24 bits per heavy atom. The molecule has 0 aliphatic carbocycles. The maximum Gasteiger partial charge on any atom is 0.306 e. The largest absolute Gasteiger partial charge is 0.469 e. The third kappa shape index (κ3) is 3.99. The highest BCUT2D eigenvalue weighted by Gasteiger charge is 2.23. The summed E-state index contributed by atoms with van der Waals surface area (Å²) in [7, 11) is 1.38. The van der Waals surface area contributed by atoms with Crippen LogP contribution in [0.2, 0.25) is 0 Å². The molecule has 0 aromatic heterocycles. The first-order valence-electron chi connectivity index (χ1n) is 6.60. The van der Waals surface area contributed by atoms with Crippen molar-refractivity contribution in [1.82, 2.24) is 4.72 Å². The molecular weight excluding hydrogens is 356 g/mol. The van der Waals surface area contributed by atoms with Crippen molar-refractivity contribution in [3.05, 3.63) is 22.2 Å². The molecule has 1 aliphatic rings. The molecule has 1 heterocycles. The lowest BCUT2D eigenvalue weighted by molar-refractivity contribution is -0.140. The molecule has 1 amide bonds. The lowest BCUT2D eigenvalue weighted by Crippen LogP contribution is -2.25. The lowest BCUT2D eigenvalue weighted by Gasteiger charge is -2.16. The van der Waals surface area contributed by atoms with Gasteiger partial charge in [-0.1, -0.05) is 0 Å². The van der Waals surface area contributed by atoms with Gasteiger partial charge in [0, 0.05) is 35.1 Å². The molecule has 1 aliphatic heterocycles. The maximum atomic E-state index is 11.6. The van der Waals surface area contributed by atoms with Crippen LogP contribution in [-0.2, 0) is 20.7 Å². The van der Waals surface area contributed by atoms with Gasteiger partial charge >= 0.3 is 5.97 Å². The SMILES string of the molecule is COC(=O)CCNSc1cc2c(cc1Br)CCN2C(C)=O. The fourth-order valence-electron chi connectivity index (χ4n) is 2.18. The highest BCUT2D eigenvalue weighted by Crippen LogP contribution is 2.36. The molecule has 0 bridgehead atoms. The number of nitrogens with one attached hydrogen (secondary N) is 1. The Labute approximate surface area is 136 Å². The van der Waals surface area contributed by atoms with Crippen molar-refractivity contribution in [2.75, 3.05) is 25.1 Å². The minimum absolute atomic E-state index is 0.0608. The van der Waals surface area contributed by atoms with E-state index in [1.807, 2.05) is 6.07 Å². The Morgan fingerprint density at radius 1 is 1.48 bits per heavy atom. The highest BCUT2D eigenvalue weighted by molar-refractivity contribution is 9.10. The van der Waals surface area contributed by atoms with E-state index in [0.717, 1.165) is 28.0 Å². The molecule has 0 saturated heterocycles. The zero-order chi connectivity index (χ0) is 15.4. The highest BCUT2D eigenvalue weighted by atomic mass is 79.9. The number of nitrogens with zero attached hydrogens (tertiary/aromatic N) is 1. The van der Waals surface area contributed by atoms with Crippen LogP contribution in [0, 0.1) is 0 Å². The van der Waals surface area contributed by atoms with Crippen LogP contribution in [0.25, 0.3) is 0 Å². The third-order valence-electron chi connectivity index (χ3n) is 3.25. The van der Waals surface area contributed by atoms with Gasteiger partial charge in [0.25, 0.3) is 0 Å². The summed E-state index contributed by atoms with van der Waals surface area (Å²) < 4.78 is 8.70. The first-order valence-corrected chi connectivity index (χ1v) is 8.21. The quantitative estimate of drug-likeness (QED) is 0.488. The standard InChI is InChI=1S/C14H17BrN2O3S/c1-9(18)17-6-4-10-7-11(15)13(8-12(10)17)21-16-5-3-14(19)20-2/h7-8,16H,3-6H2,1-2H3. The first-order chi connectivity index (χ1) is 10.0. The molecule has 1 aromatic rings. The van der Waals surface area contributed by atoms with Gasteiger partial charge in [-0.2, -0.15) is 0 Å². The first kappa shape index (κ1) is 16.3. The Balaban J connectivity index is 2.02. The van der Waals surface area contributed by atoms with Gasteiger partial charge in [-0.15, -0.1) is 0 Å². The second kappa shape index (κ2) is 7.29. The Hall–Kier alpha value is -1.05. The van der Waals surface area contributed by atoms with E-state index >= 15 is 0 Å². The maximum absolute atomic E-state index is 11.6. The van der Waals surface area contributed by atoms with Crippen molar-refractivity contribution < 1.29 is 14.3 Å². The third-order valence-corrected chi connectivity index (χ3v) is 5.07. The van der Waals surface area contributed by atoms with Crippen LogP contribution < -0.4 is 9.62 Å². The summed E-state index contributed by atoms with van der Waals surface area (Å²) in [6.07, 6.45) is 1.21. The predicted molar refractivity (Wildman–Crippen MR) is 86.4 cm³/mol. The van der Waals surface area contributed by atoms with E-state index in [0.29, 0.717) is 13.0 Å². The summed E-state index contributed by atoms with van der Waals surface area (Å²) in [5, 5.41) is 0. The number of carbonyl (C=O) groups excluding carboxylic acids is 2. The fraction of sp³-hybridized carbons (Fsp3) is 0.429. The number of hydrogen-bond acceptors (Lipinski definition) is 5. The van der Waals surface area contributed by atoms with E-state index in [-0.39, 0.29) is 11.9 Å². The number of halogens is 1. The summed E-state index contributed by atoms with van der Waals surface area (Å²) in [4.78, 5) is 25.4. The van der Waals surface area contributed by atoms with Crippen LogP contribution in [0.4, 0.5) is 5.69 Å². The smallest absolute Gasteiger partial charge is 0.306 e. The van der Waals surface area contributed by atoms with Crippen LogP contribution >= 0.6 is 27.9 Å². The molecular formula is C14H17BrN2O3S. The van der Waals surface area contributed by atoms with Crippen LogP contribution in [0.15, 0.2) is 21.5 Å². The van der Waals surface area contributed by atoms with Gasteiger partial charge in [0.1, 0.15) is 0 Å². The second-order valence-corrected chi connectivity index (χ2v) is 6.44. The number of amides is 1. The lowest BCUT2D eigenvalue weighted by atomic mass is 10.2. The second-order valence-electron chi connectivity index (χ2n) is 4.65. The number of esters is 1. The van der Waals surface area contributed by atoms with Gasteiger partial charge in [0.05, 0.1) is 13.5 Å². The summed E-state index contributed by atoms with van der Waals surface area (Å²) >= 11 is 4.98. The van der Waals surface area contributed by atoms with Crippen LogP contribution in [0.3, 0.4) is 0 Å². The predicted octanol–water partition coefficient (Wildman–Crippen LogP) is 2.52. The number of benzene rings is 1. The van der Waals surface area contributed by atoms with E-state index in [2.05, 4.69) is 31.5 Å². The van der Waals surface area contributed by atoms with E-state index in [9.17, 15) is 9.59 Å². The summed E-state index contributed by atoms with van der Waals surface area (Å²) in [5.74, 6) is -0.176. The number of hydrogen-bond donors (Lipinski definition) is 1. The number of carbonyl (C=O) groups is 2. The van der Waals surface area contributed by atoms with Crippen molar-refractivity contribution in [3.63, 3.8) is 0 Å². The fourth-order valence-corrected chi connectivity index (χ4v) is 3.50. The summed E-state index contributed by atoms with van der Waals surface area (Å²) in [6, 6.07) is 4.06. The molecule has 0 radical (unpaired) electrons. The van der Waals surface area contributed by atoms with Crippen LogP contribution in [0.5, 0.6) is 0 Å². The number of anilines is 1. The zero-order valence-electron chi connectivity index (χ0n) is 11.9. The summed E-state index contributed by atoms with van der Waals surface area (Å²) in [5.41, 5.74) is 2.15. The number of methoxy groups -OCH3 is 1. The average Bonchev–Trinajstić information content (AvgIpc) is 2.85. The Bertz CT molecular complexity index is 565. The van der Waals surface area contributed by atoms with Gasteiger partial charge in [-0.25, -0.2) is 0 Å². The molecule has 0 unspecified atom stereocenters. The zero-order valence-corrected chi connectivity index (χ0v) is 14.3. The molecule has 2 rings (SSSR count). The minimum atomic E-state index is -0.237. The topological polar surface area (TPSA) is 58.6 Å². The minimum Gasteiger partial charge on any atom is -0.469 e. The number of ether oxygens (including phenoxy) is 1. The summed E-state index contributed by atoms with van der Waals surface area (Å²) in [6.45, 7) is 2.84. The number of rotatable bonds is 5. The molecule has 1 N–H and O–H groups in total. The van der Waals surface area contributed by atoms with Crippen molar-refractivity contribution in [1.29, 1.82) is 0 Å². The molecule has 0 spiro atoms. The van der Waals surface area contributed by atoms with Crippen molar-refractivity contribution in [3.8, 4) is 0 Å². The molecule has 114 valence electrons. The van der Waals surface area contributed by atoms with E-state index in [1.165, 1.54) is 24.6 Å². The Kier molecular flexibility index (Phi) is 5.66. The monoisotopic (exact) mass is 372 g/mol. The van der Waals surface area contributed by atoms with Crippen molar-refractivity contribution in [2.45, 2.75) is 24.7 Å². The van der Waals surface area contributed by atoms with E-state index in [1.54, 1.807) is 11.8 Å². The molecule has 21 heavy (non-hydrogen) atoms. The molecule has 0 saturated carbocycles. The van der Waals surface area contributed by atoms with Gasteiger partial charge < -0.3 is 9.64 Å². The molecule has 5 nitrogen and oxygen atoms in total. The molecule has 1 aromatic carbocycles. The molecule has 0 fully saturated rings. The van der Waals surface area contributed by atoms with E-state index in [4.69, 9.17) is 0 Å². The Morgan fingerprint density at radius 3 is 2.90 bits per heavy atom. The molecule has 0 atom stereocenters. The van der Waals surface area contributed by atoms with Crippen molar-refractivity contribution >= 4 is 45.4 Å². The van der Waals surface area contributed by atoms with Crippen LogP contribution in [-0.4, -0.2) is 32.1 Å². The normalized spacial score (nSPS) is 13.2. The van der Waals surface area contributed by atoms with Gasteiger partial charge in [-0.05, 0) is 52.0 Å².